The zero-order valence-electron chi connectivity index (χ0n) is 7.56. The Bertz CT molecular complexity index is 376. The summed E-state index contributed by atoms with van der Waals surface area (Å²) in [7, 11) is 0. The number of rotatable bonds is 2. The molecule has 0 aliphatic carbocycles. The van der Waals surface area contributed by atoms with E-state index in [-0.39, 0.29) is 24.0 Å². The van der Waals surface area contributed by atoms with Crippen LogP contribution >= 0.6 is 0 Å². The van der Waals surface area contributed by atoms with E-state index in [4.69, 9.17) is 10.5 Å². The highest BCUT2D eigenvalue weighted by Gasteiger charge is 2.25. The molecule has 0 bridgehead atoms. The average Bonchev–Trinajstić information content (AvgIpc) is 2.47. The first kappa shape index (κ1) is 8.87. The number of phenols is 1. The molecule has 2 rings (SSSR count). The molecule has 0 saturated carbocycles. The van der Waals surface area contributed by atoms with E-state index in [1.165, 1.54) is 0 Å². The molecule has 4 nitrogen and oxygen atoms in total. The Morgan fingerprint density at radius 1 is 1.64 bits per heavy atom. The number of benzene rings is 1. The van der Waals surface area contributed by atoms with E-state index < -0.39 is 0 Å². The zero-order chi connectivity index (χ0) is 10.1. The molecule has 1 atom stereocenters. The van der Waals surface area contributed by atoms with Gasteiger partial charge in [0.05, 0.1) is 6.61 Å². The molecule has 0 saturated heterocycles. The van der Waals surface area contributed by atoms with Crippen molar-refractivity contribution in [2.24, 2.45) is 5.73 Å². The third-order valence-electron chi connectivity index (χ3n) is 2.32. The van der Waals surface area contributed by atoms with Gasteiger partial charge in [-0.1, -0.05) is 6.07 Å². The molecular weight excluding hydrogens is 182 g/mol. The largest absolute Gasteiger partial charge is 0.508 e. The highest BCUT2D eigenvalue weighted by molar-refractivity contribution is 5.75. The maximum absolute atomic E-state index is 10.7. The number of fused-ring (bicyclic) bond motifs is 1. The number of phenolic OH excluding ortho intramolecular Hbond substituents is 1. The standard InChI is InChI=1S/C10H11NO3/c11-10(13)3-6-5-14-9-4-7(12)1-2-8(6)9/h1-2,4,6,12H,3,5H2,(H2,11,13). The summed E-state index contributed by atoms with van der Waals surface area (Å²) in [4.78, 5) is 10.7. The van der Waals surface area contributed by atoms with Crippen molar-refractivity contribution in [3.05, 3.63) is 23.8 Å². The van der Waals surface area contributed by atoms with E-state index in [2.05, 4.69) is 0 Å². The number of primary amides is 1. The predicted octanol–water partition coefficient (Wildman–Crippen LogP) is 0.744. The number of hydrogen-bond acceptors (Lipinski definition) is 3. The molecule has 0 radical (unpaired) electrons. The van der Waals surface area contributed by atoms with Crippen LogP contribution in [0.1, 0.15) is 17.9 Å². The van der Waals surface area contributed by atoms with E-state index in [1.807, 2.05) is 0 Å². The van der Waals surface area contributed by atoms with Crippen LogP contribution in [0.5, 0.6) is 11.5 Å². The second kappa shape index (κ2) is 3.21. The van der Waals surface area contributed by atoms with Crippen LogP contribution in [0, 0.1) is 0 Å². The minimum Gasteiger partial charge on any atom is -0.508 e. The first-order valence-electron chi connectivity index (χ1n) is 4.41. The highest BCUT2D eigenvalue weighted by atomic mass is 16.5. The predicted molar refractivity (Wildman–Crippen MR) is 50.2 cm³/mol. The van der Waals surface area contributed by atoms with E-state index in [0.717, 1.165) is 5.56 Å². The molecule has 4 heteroatoms. The van der Waals surface area contributed by atoms with Crippen molar-refractivity contribution in [2.45, 2.75) is 12.3 Å². The number of nitrogens with two attached hydrogens (primary N) is 1. The second-order valence-corrected chi connectivity index (χ2v) is 3.40. The summed E-state index contributed by atoms with van der Waals surface area (Å²) in [5, 5.41) is 9.19. The van der Waals surface area contributed by atoms with Crippen LogP contribution in [-0.4, -0.2) is 17.6 Å². The summed E-state index contributed by atoms with van der Waals surface area (Å²) in [6, 6.07) is 4.91. The second-order valence-electron chi connectivity index (χ2n) is 3.40. The van der Waals surface area contributed by atoms with Crippen molar-refractivity contribution in [3.63, 3.8) is 0 Å². The first-order valence-corrected chi connectivity index (χ1v) is 4.41. The van der Waals surface area contributed by atoms with Crippen molar-refractivity contribution in [2.75, 3.05) is 6.61 Å². The van der Waals surface area contributed by atoms with Gasteiger partial charge in [-0.15, -0.1) is 0 Å². The van der Waals surface area contributed by atoms with Crippen LogP contribution in [0.2, 0.25) is 0 Å². The lowest BCUT2D eigenvalue weighted by molar-refractivity contribution is -0.118. The van der Waals surface area contributed by atoms with E-state index in [1.54, 1.807) is 18.2 Å². The smallest absolute Gasteiger partial charge is 0.218 e. The Morgan fingerprint density at radius 3 is 3.14 bits per heavy atom. The summed E-state index contributed by atoms with van der Waals surface area (Å²) >= 11 is 0. The van der Waals surface area contributed by atoms with Crippen LogP contribution in [-0.2, 0) is 4.79 Å². The Morgan fingerprint density at radius 2 is 2.43 bits per heavy atom. The SMILES string of the molecule is NC(=O)CC1COc2cc(O)ccc21. The molecule has 1 aromatic rings. The number of carbonyl (C=O) groups is 1. The van der Waals surface area contributed by atoms with Crippen molar-refractivity contribution >= 4 is 5.91 Å². The number of aromatic hydroxyl groups is 1. The van der Waals surface area contributed by atoms with Gasteiger partial charge >= 0.3 is 0 Å². The Hall–Kier alpha value is -1.71. The Balaban J connectivity index is 2.26. The van der Waals surface area contributed by atoms with Crippen LogP contribution in [0.4, 0.5) is 0 Å². The quantitative estimate of drug-likeness (QED) is 0.727. The normalized spacial score (nSPS) is 18.7. The molecular formula is C10H11NO3. The fourth-order valence-corrected chi connectivity index (χ4v) is 1.68. The maximum atomic E-state index is 10.7. The van der Waals surface area contributed by atoms with E-state index >= 15 is 0 Å². The molecule has 1 heterocycles. The first-order chi connectivity index (χ1) is 6.66. The highest BCUT2D eigenvalue weighted by Crippen LogP contribution is 2.37. The molecule has 1 unspecified atom stereocenters. The number of hydrogen-bond donors (Lipinski definition) is 2. The van der Waals surface area contributed by atoms with Gasteiger partial charge in [0.15, 0.2) is 0 Å². The van der Waals surface area contributed by atoms with Gasteiger partial charge in [-0.25, -0.2) is 0 Å². The third kappa shape index (κ3) is 1.51. The minimum absolute atomic E-state index is 0.0306. The number of carbonyl (C=O) groups excluding carboxylic acids is 1. The Labute approximate surface area is 81.3 Å². The Kier molecular flexibility index (Phi) is 2.04. The third-order valence-corrected chi connectivity index (χ3v) is 2.32. The van der Waals surface area contributed by atoms with Crippen LogP contribution in [0.3, 0.4) is 0 Å². The molecule has 0 aromatic heterocycles. The fourth-order valence-electron chi connectivity index (χ4n) is 1.68. The average molecular weight is 193 g/mol. The summed E-state index contributed by atoms with van der Waals surface area (Å²) in [6.45, 7) is 0.460. The summed E-state index contributed by atoms with van der Waals surface area (Å²) in [6.07, 6.45) is 0.289. The molecule has 3 N–H and O–H groups in total. The lowest BCUT2D eigenvalue weighted by Crippen LogP contribution is -2.15. The van der Waals surface area contributed by atoms with Crippen molar-refractivity contribution in [1.82, 2.24) is 0 Å². The van der Waals surface area contributed by atoms with Gasteiger partial charge in [0.2, 0.25) is 5.91 Å². The van der Waals surface area contributed by atoms with Gasteiger partial charge < -0.3 is 15.6 Å². The molecule has 1 aliphatic rings. The topological polar surface area (TPSA) is 72.6 Å². The van der Waals surface area contributed by atoms with Crippen molar-refractivity contribution in [3.8, 4) is 11.5 Å². The lowest BCUT2D eigenvalue weighted by atomic mass is 9.98. The molecule has 1 aliphatic heterocycles. The lowest BCUT2D eigenvalue weighted by Gasteiger charge is -2.04. The molecule has 1 aromatic carbocycles. The van der Waals surface area contributed by atoms with Gasteiger partial charge in [-0.2, -0.15) is 0 Å². The van der Waals surface area contributed by atoms with Crippen molar-refractivity contribution < 1.29 is 14.6 Å². The maximum Gasteiger partial charge on any atom is 0.218 e. The van der Waals surface area contributed by atoms with E-state index in [0.29, 0.717) is 12.4 Å². The van der Waals surface area contributed by atoms with Crippen LogP contribution < -0.4 is 10.5 Å². The molecule has 0 spiro atoms. The molecule has 74 valence electrons. The van der Waals surface area contributed by atoms with Gasteiger partial charge in [-0.05, 0) is 6.07 Å². The minimum atomic E-state index is -0.334. The zero-order valence-corrected chi connectivity index (χ0v) is 7.56. The van der Waals surface area contributed by atoms with Crippen molar-refractivity contribution in [1.29, 1.82) is 0 Å². The van der Waals surface area contributed by atoms with Gasteiger partial charge in [-0.3, -0.25) is 4.79 Å². The summed E-state index contributed by atoms with van der Waals surface area (Å²) < 4.78 is 5.32. The molecule has 0 fully saturated rings. The van der Waals surface area contributed by atoms with Gasteiger partial charge in [0.1, 0.15) is 11.5 Å². The fraction of sp³-hybridized carbons (Fsp3) is 0.300. The van der Waals surface area contributed by atoms with Gasteiger partial charge in [0, 0.05) is 24.0 Å². The number of amides is 1. The monoisotopic (exact) mass is 193 g/mol. The van der Waals surface area contributed by atoms with Crippen LogP contribution in [0.25, 0.3) is 0 Å². The van der Waals surface area contributed by atoms with Crippen LogP contribution in [0.15, 0.2) is 18.2 Å². The molecule has 14 heavy (non-hydrogen) atoms. The molecule has 1 amide bonds. The number of ether oxygens (including phenoxy) is 1. The van der Waals surface area contributed by atoms with E-state index in [9.17, 15) is 9.90 Å². The summed E-state index contributed by atoms with van der Waals surface area (Å²) in [5.41, 5.74) is 6.06. The summed E-state index contributed by atoms with van der Waals surface area (Å²) in [5.74, 6) is 0.516. The van der Waals surface area contributed by atoms with Gasteiger partial charge in [0.25, 0.3) is 0 Å².